The lowest BCUT2D eigenvalue weighted by Gasteiger charge is -2.37. The van der Waals surface area contributed by atoms with Crippen LogP contribution in [0.1, 0.15) is 20.8 Å². The summed E-state index contributed by atoms with van der Waals surface area (Å²) in [5.74, 6) is 5.29. The highest BCUT2D eigenvalue weighted by molar-refractivity contribution is 5.75. The molecule has 1 aliphatic rings. The van der Waals surface area contributed by atoms with Crippen LogP contribution in [0.5, 0.6) is 5.75 Å². The van der Waals surface area contributed by atoms with Crippen molar-refractivity contribution in [2.45, 2.75) is 39.0 Å². The zero-order valence-electron chi connectivity index (χ0n) is 19.5. The molecule has 1 unspecified atom stereocenters. The third kappa shape index (κ3) is 7.03. The van der Waals surface area contributed by atoms with Crippen molar-refractivity contribution in [1.29, 1.82) is 0 Å². The molecule has 2 heterocycles. The molecule has 9 nitrogen and oxygen atoms in total. The summed E-state index contributed by atoms with van der Waals surface area (Å²) in [6.07, 6.45) is 2.93. The Hall–Kier alpha value is -2.46. The Labute approximate surface area is 189 Å². The average molecular weight is 448 g/mol. The Morgan fingerprint density at radius 3 is 2.53 bits per heavy atom. The average Bonchev–Trinajstić information content (AvgIpc) is 3.22. The van der Waals surface area contributed by atoms with Crippen LogP contribution in [0.4, 0.5) is 0 Å². The number of carbonyl (C=O) groups excluding carboxylic acids is 1. The normalized spacial score (nSPS) is 17.0. The predicted molar refractivity (Wildman–Crippen MR) is 120 cm³/mol. The van der Waals surface area contributed by atoms with E-state index in [2.05, 4.69) is 18.3 Å². The summed E-state index contributed by atoms with van der Waals surface area (Å²) in [7, 11) is 2.27. The smallest absolute Gasteiger partial charge is 0.341 e. The van der Waals surface area contributed by atoms with Gasteiger partial charge in [-0.25, -0.2) is 10.7 Å². The summed E-state index contributed by atoms with van der Waals surface area (Å²) in [5.41, 5.74) is 1.45. The summed E-state index contributed by atoms with van der Waals surface area (Å²) in [6.45, 7) is 10.9. The lowest BCUT2D eigenvalue weighted by atomic mass is 10.1. The van der Waals surface area contributed by atoms with E-state index < -0.39 is 17.7 Å². The van der Waals surface area contributed by atoms with Gasteiger partial charge in [0.2, 0.25) is 6.10 Å². The Morgan fingerprint density at radius 2 is 1.91 bits per heavy atom. The maximum absolute atomic E-state index is 12.1. The van der Waals surface area contributed by atoms with E-state index in [-0.39, 0.29) is 6.61 Å². The van der Waals surface area contributed by atoms with E-state index >= 15 is 0 Å². The van der Waals surface area contributed by atoms with Gasteiger partial charge < -0.3 is 18.7 Å². The highest BCUT2D eigenvalue weighted by Crippen LogP contribution is 2.22. The van der Waals surface area contributed by atoms with Crippen LogP contribution in [0.15, 0.2) is 36.7 Å². The number of benzene rings is 1. The summed E-state index contributed by atoms with van der Waals surface area (Å²) in [6, 6.07) is 7.60. The van der Waals surface area contributed by atoms with Crippen LogP contribution in [-0.4, -0.2) is 78.4 Å². The Bertz CT molecular complexity index is 869. The second-order valence-electron chi connectivity index (χ2n) is 9.39. The fourth-order valence-corrected chi connectivity index (χ4v) is 3.43. The summed E-state index contributed by atoms with van der Waals surface area (Å²) < 4.78 is 19.4. The molecule has 1 saturated heterocycles. The number of hydrogen-bond donors (Lipinski definition) is 1. The minimum atomic E-state index is -0.997. The molecule has 176 valence electrons. The van der Waals surface area contributed by atoms with Gasteiger partial charge >= 0.3 is 5.97 Å². The van der Waals surface area contributed by atoms with E-state index in [1.54, 1.807) is 20.8 Å². The second-order valence-corrected chi connectivity index (χ2v) is 9.39. The van der Waals surface area contributed by atoms with Crippen LogP contribution in [0.2, 0.25) is 0 Å². The van der Waals surface area contributed by atoms with Gasteiger partial charge in [-0.2, -0.15) is 5.10 Å². The van der Waals surface area contributed by atoms with Gasteiger partial charge in [0.25, 0.3) is 0 Å². The molecule has 0 bridgehead atoms. The van der Waals surface area contributed by atoms with Crippen LogP contribution in [0, 0.1) is 0 Å². The number of aromatic nitrogens is 2. The van der Waals surface area contributed by atoms with Crippen LogP contribution in [0.25, 0.3) is 11.1 Å². The van der Waals surface area contributed by atoms with Gasteiger partial charge in [0.1, 0.15) is 31.0 Å². The van der Waals surface area contributed by atoms with E-state index in [0.29, 0.717) is 5.75 Å². The van der Waals surface area contributed by atoms with Crippen molar-refractivity contribution >= 4 is 5.97 Å². The molecule has 1 aromatic heterocycles. The number of rotatable bonds is 9. The SMILES string of the molecule is CC(C)(C)OC(=O)C(COc1ccc(-c2cnn(CC[N+]3(C)CCOCC3)c2)cc1)ON. The lowest BCUT2D eigenvalue weighted by molar-refractivity contribution is -0.917. The molecule has 2 N–H and O–H groups in total. The first-order chi connectivity index (χ1) is 15.2. The van der Waals surface area contributed by atoms with Gasteiger partial charge in [0.05, 0.1) is 39.5 Å². The van der Waals surface area contributed by atoms with E-state index in [1.165, 1.54) is 0 Å². The number of ether oxygens (including phenoxy) is 3. The van der Waals surface area contributed by atoms with E-state index in [9.17, 15) is 4.79 Å². The van der Waals surface area contributed by atoms with Crippen LogP contribution in [-0.2, 0) is 25.7 Å². The number of hydrogen-bond acceptors (Lipinski definition) is 7. The summed E-state index contributed by atoms with van der Waals surface area (Å²) in [5, 5.41) is 4.51. The van der Waals surface area contributed by atoms with Crippen LogP contribution in [0.3, 0.4) is 0 Å². The number of esters is 1. The van der Waals surface area contributed by atoms with Crippen molar-refractivity contribution < 1.29 is 28.3 Å². The number of likely N-dealkylation sites (N-methyl/N-ethyl adjacent to an activating group) is 1. The summed E-state index contributed by atoms with van der Waals surface area (Å²) >= 11 is 0. The first kappa shape index (κ1) is 24.2. The molecule has 9 heteroatoms. The van der Waals surface area contributed by atoms with E-state index in [0.717, 1.165) is 55.0 Å². The Balaban J connectivity index is 1.52. The fourth-order valence-electron chi connectivity index (χ4n) is 3.43. The number of quaternary nitrogens is 1. The quantitative estimate of drug-likeness (QED) is 0.357. The Kier molecular flexibility index (Phi) is 7.89. The Morgan fingerprint density at radius 1 is 1.22 bits per heavy atom. The van der Waals surface area contributed by atoms with Crippen molar-refractivity contribution in [3.8, 4) is 16.9 Å². The van der Waals surface area contributed by atoms with Gasteiger partial charge in [-0.15, -0.1) is 0 Å². The molecule has 2 aromatic rings. The number of morpholine rings is 1. The second kappa shape index (κ2) is 10.4. The number of carbonyl (C=O) groups is 1. The van der Waals surface area contributed by atoms with Crippen LogP contribution >= 0.6 is 0 Å². The van der Waals surface area contributed by atoms with E-state index in [1.807, 2.05) is 35.1 Å². The van der Waals surface area contributed by atoms with E-state index in [4.69, 9.17) is 24.9 Å². The minimum Gasteiger partial charge on any atom is -0.490 e. The molecular formula is C23H35N4O5+. The van der Waals surface area contributed by atoms with Gasteiger partial charge in [-0.05, 0) is 38.5 Å². The van der Waals surface area contributed by atoms with Crippen molar-refractivity contribution in [3.05, 3.63) is 36.7 Å². The highest BCUT2D eigenvalue weighted by atomic mass is 16.7. The monoisotopic (exact) mass is 447 g/mol. The first-order valence-electron chi connectivity index (χ1n) is 10.9. The predicted octanol–water partition coefficient (Wildman–Crippen LogP) is 2.01. The van der Waals surface area contributed by atoms with Crippen molar-refractivity contribution in [2.75, 3.05) is 46.5 Å². The highest BCUT2D eigenvalue weighted by Gasteiger charge is 2.27. The minimum absolute atomic E-state index is 0.0370. The molecule has 0 radical (unpaired) electrons. The fraction of sp³-hybridized carbons (Fsp3) is 0.565. The zero-order valence-corrected chi connectivity index (χ0v) is 19.5. The number of nitrogens with two attached hydrogens (primary N) is 1. The molecule has 32 heavy (non-hydrogen) atoms. The standard InChI is InChI=1S/C23H35N4O5/c1-23(2,3)31-22(28)21(32-24)17-30-20-7-5-18(6-8-20)19-15-25-26(16-19)9-10-27(4)11-13-29-14-12-27/h5-8,15-16,21H,9-14,17,24H2,1-4H3/q+1. The molecule has 1 aromatic carbocycles. The molecule has 0 spiro atoms. The maximum Gasteiger partial charge on any atom is 0.341 e. The maximum atomic E-state index is 12.1. The van der Waals surface area contributed by atoms with Gasteiger partial charge in [-0.1, -0.05) is 12.1 Å². The third-order valence-corrected chi connectivity index (χ3v) is 5.48. The van der Waals surface area contributed by atoms with Crippen LogP contribution < -0.4 is 10.6 Å². The van der Waals surface area contributed by atoms with Gasteiger partial charge in [-0.3, -0.25) is 9.52 Å². The van der Waals surface area contributed by atoms with Crippen molar-refractivity contribution in [1.82, 2.24) is 9.78 Å². The molecule has 0 saturated carbocycles. The lowest BCUT2D eigenvalue weighted by Crippen LogP contribution is -2.53. The third-order valence-electron chi connectivity index (χ3n) is 5.48. The molecule has 3 rings (SSSR count). The van der Waals surface area contributed by atoms with Crippen molar-refractivity contribution in [2.24, 2.45) is 5.90 Å². The van der Waals surface area contributed by atoms with Gasteiger partial charge in [0.15, 0.2) is 0 Å². The van der Waals surface area contributed by atoms with Gasteiger partial charge in [0, 0.05) is 11.8 Å². The first-order valence-corrected chi connectivity index (χ1v) is 10.9. The number of nitrogens with zero attached hydrogens (tertiary/aromatic N) is 3. The zero-order chi connectivity index (χ0) is 23.2. The molecule has 0 aliphatic carbocycles. The molecule has 1 aliphatic heterocycles. The topological polar surface area (TPSA) is 97.8 Å². The van der Waals surface area contributed by atoms with Crippen molar-refractivity contribution in [3.63, 3.8) is 0 Å². The molecule has 1 atom stereocenters. The molecule has 1 fully saturated rings. The summed E-state index contributed by atoms with van der Waals surface area (Å²) in [4.78, 5) is 16.8. The molecule has 0 amide bonds. The molecular weight excluding hydrogens is 412 g/mol. The largest absolute Gasteiger partial charge is 0.490 e.